The molecule has 1 amide bonds. The van der Waals surface area contributed by atoms with Gasteiger partial charge in [0.2, 0.25) is 0 Å². The predicted molar refractivity (Wildman–Crippen MR) is 112 cm³/mol. The summed E-state index contributed by atoms with van der Waals surface area (Å²) in [6.07, 6.45) is -2.66. The van der Waals surface area contributed by atoms with Crippen molar-refractivity contribution in [2.45, 2.75) is 25.6 Å². The quantitative estimate of drug-likeness (QED) is 0.456. The Bertz CT molecular complexity index is 1400. The Morgan fingerprint density at radius 3 is 2.64 bits per heavy atom. The molecule has 1 atom stereocenters. The van der Waals surface area contributed by atoms with Gasteiger partial charge in [0, 0.05) is 43.3 Å². The molecule has 3 aromatic heterocycles. The minimum atomic E-state index is -4.56. The van der Waals surface area contributed by atoms with Crippen molar-refractivity contribution >= 4 is 16.8 Å². The fourth-order valence-corrected chi connectivity index (χ4v) is 4.63. The zero-order chi connectivity index (χ0) is 23.7. The lowest BCUT2D eigenvalue weighted by Gasteiger charge is -2.32. The predicted octanol–water partition coefficient (Wildman–Crippen LogP) is 4.22. The summed E-state index contributed by atoms with van der Waals surface area (Å²) >= 11 is 0. The first-order chi connectivity index (χ1) is 15.6. The van der Waals surface area contributed by atoms with Crippen LogP contribution in [0.4, 0.5) is 17.6 Å². The summed E-state index contributed by atoms with van der Waals surface area (Å²) in [7, 11) is 3.11. The van der Waals surface area contributed by atoms with Crippen LogP contribution in [-0.2, 0) is 26.7 Å². The van der Waals surface area contributed by atoms with E-state index in [4.69, 9.17) is 0 Å². The van der Waals surface area contributed by atoms with Crippen LogP contribution in [0.1, 0.15) is 40.3 Å². The van der Waals surface area contributed by atoms with Crippen molar-refractivity contribution in [2.24, 2.45) is 14.1 Å². The third kappa shape index (κ3) is 3.21. The van der Waals surface area contributed by atoms with Crippen molar-refractivity contribution in [3.8, 4) is 11.4 Å². The number of hydrogen-bond donors (Lipinski definition) is 1. The summed E-state index contributed by atoms with van der Waals surface area (Å²) in [5.41, 5.74) is 1.99. The van der Waals surface area contributed by atoms with E-state index in [-0.39, 0.29) is 16.9 Å². The van der Waals surface area contributed by atoms with Gasteiger partial charge in [-0.3, -0.25) is 14.2 Å². The Balaban J connectivity index is 1.53. The average molecular weight is 460 g/mol. The van der Waals surface area contributed by atoms with E-state index in [2.05, 4.69) is 15.2 Å². The van der Waals surface area contributed by atoms with Gasteiger partial charge in [-0.05, 0) is 31.5 Å². The van der Waals surface area contributed by atoms with Gasteiger partial charge in [0.1, 0.15) is 5.82 Å². The zero-order valence-corrected chi connectivity index (χ0v) is 18.0. The maximum Gasteiger partial charge on any atom is 0.435 e. The lowest BCUT2D eigenvalue weighted by Crippen LogP contribution is -2.38. The first kappa shape index (κ1) is 21.2. The van der Waals surface area contributed by atoms with E-state index < -0.39 is 23.7 Å². The molecule has 0 bridgehead atoms. The fraction of sp³-hybridized carbons (Fsp3) is 0.318. The van der Waals surface area contributed by atoms with E-state index >= 15 is 0 Å². The second kappa shape index (κ2) is 7.19. The maximum atomic E-state index is 14.4. The number of aromatic nitrogens is 5. The number of amides is 1. The van der Waals surface area contributed by atoms with E-state index in [1.54, 1.807) is 24.1 Å². The van der Waals surface area contributed by atoms with Gasteiger partial charge in [-0.2, -0.15) is 23.4 Å². The number of carbonyl (C=O) groups is 1. The number of aryl methyl sites for hydroxylation is 2. The van der Waals surface area contributed by atoms with Gasteiger partial charge < -0.3 is 9.88 Å². The molecular weight excluding hydrogens is 440 g/mol. The molecule has 0 radical (unpaired) electrons. The Hall–Kier alpha value is -3.63. The Kier molecular flexibility index (Phi) is 4.62. The van der Waals surface area contributed by atoms with Crippen molar-refractivity contribution in [3.05, 3.63) is 58.8 Å². The summed E-state index contributed by atoms with van der Waals surface area (Å²) in [5, 5.41) is 8.37. The number of halogens is 4. The molecule has 1 unspecified atom stereocenters. The Morgan fingerprint density at radius 2 is 1.94 bits per heavy atom. The van der Waals surface area contributed by atoms with Crippen LogP contribution in [0, 0.1) is 5.82 Å². The first-order valence-corrected chi connectivity index (χ1v) is 10.3. The highest BCUT2D eigenvalue weighted by Gasteiger charge is 2.38. The van der Waals surface area contributed by atoms with Crippen molar-refractivity contribution in [2.75, 3.05) is 6.54 Å². The SMILES string of the molecule is CC1c2nn(C)c(-c3cc(C(F)(F)F)nn3C)c2CCN1C(=O)c1c[nH]c2cccc(F)c12. The molecule has 4 heterocycles. The zero-order valence-electron chi connectivity index (χ0n) is 18.0. The Labute approximate surface area is 185 Å². The van der Waals surface area contributed by atoms with Crippen LogP contribution in [-0.4, -0.2) is 41.9 Å². The normalized spacial score (nSPS) is 16.5. The minimum Gasteiger partial charge on any atom is -0.360 e. The van der Waals surface area contributed by atoms with E-state index in [0.29, 0.717) is 35.6 Å². The lowest BCUT2D eigenvalue weighted by atomic mass is 9.96. The molecule has 0 spiro atoms. The standard InChI is InChI=1S/C22H20F4N6O/c1-11-19-12(20(31(3)29-19)16-9-17(22(24,25)26)28-30(16)2)7-8-32(11)21(33)13-10-27-15-6-4-5-14(23)18(13)15/h4-6,9-11,27H,7-8H2,1-3H3. The molecule has 5 rings (SSSR count). The van der Waals surface area contributed by atoms with E-state index in [0.717, 1.165) is 11.6 Å². The minimum absolute atomic E-state index is 0.232. The molecule has 1 aromatic carbocycles. The number of alkyl halides is 3. The van der Waals surface area contributed by atoms with Crippen molar-refractivity contribution in [1.82, 2.24) is 29.4 Å². The van der Waals surface area contributed by atoms with Crippen LogP contribution in [0.15, 0.2) is 30.5 Å². The van der Waals surface area contributed by atoms with Crippen molar-refractivity contribution in [1.29, 1.82) is 0 Å². The number of hydrogen-bond acceptors (Lipinski definition) is 3. The van der Waals surface area contributed by atoms with Gasteiger partial charge in [-0.25, -0.2) is 4.39 Å². The molecule has 1 aliphatic heterocycles. The largest absolute Gasteiger partial charge is 0.435 e. The molecular formula is C22H20F4N6O. The number of nitrogens with one attached hydrogen (secondary N) is 1. The molecule has 4 aromatic rings. The molecule has 33 heavy (non-hydrogen) atoms. The van der Waals surface area contributed by atoms with Crippen LogP contribution in [0.5, 0.6) is 0 Å². The molecule has 1 aliphatic rings. The van der Waals surface area contributed by atoms with Crippen LogP contribution in [0.3, 0.4) is 0 Å². The van der Waals surface area contributed by atoms with Crippen LogP contribution in [0.25, 0.3) is 22.3 Å². The van der Waals surface area contributed by atoms with Gasteiger partial charge in [-0.1, -0.05) is 6.07 Å². The van der Waals surface area contributed by atoms with Gasteiger partial charge in [0.05, 0.1) is 28.7 Å². The van der Waals surface area contributed by atoms with Crippen molar-refractivity contribution in [3.63, 3.8) is 0 Å². The number of aromatic amines is 1. The third-order valence-electron chi connectivity index (χ3n) is 6.20. The monoisotopic (exact) mass is 460 g/mol. The van der Waals surface area contributed by atoms with Crippen LogP contribution >= 0.6 is 0 Å². The number of nitrogens with zero attached hydrogens (tertiary/aromatic N) is 5. The molecule has 172 valence electrons. The molecule has 11 heteroatoms. The highest BCUT2D eigenvalue weighted by atomic mass is 19.4. The highest BCUT2D eigenvalue weighted by molar-refractivity contribution is 6.07. The van der Waals surface area contributed by atoms with Gasteiger partial charge in [0.25, 0.3) is 5.91 Å². The summed E-state index contributed by atoms with van der Waals surface area (Å²) < 4.78 is 56.6. The summed E-state index contributed by atoms with van der Waals surface area (Å²) in [5.74, 6) is -0.823. The molecule has 0 aliphatic carbocycles. The molecule has 7 nitrogen and oxygen atoms in total. The van der Waals surface area contributed by atoms with Crippen LogP contribution < -0.4 is 0 Å². The Morgan fingerprint density at radius 1 is 1.18 bits per heavy atom. The van der Waals surface area contributed by atoms with Crippen molar-refractivity contribution < 1.29 is 22.4 Å². The number of benzene rings is 1. The number of carbonyl (C=O) groups excluding carboxylic acids is 1. The number of fused-ring (bicyclic) bond motifs is 2. The molecule has 0 fully saturated rings. The van der Waals surface area contributed by atoms with Crippen LogP contribution in [0.2, 0.25) is 0 Å². The smallest absolute Gasteiger partial charge is 0.360 e. The molecule has 0 saturated heterocycles. The maximum absolute atomic E-state index is 14.4. The van der Waals surface area contributed by atoms with Gasteiger partial charge in [-0.15, -0.1) is 0 Å². The molecule has 0 saturated carbocycles. The third-order valence-corrected chi connectivity index (χ3v) is 6.20. The summed E-state index contributed by atoms with van der Waals surface area (Å²) in [6, 6.07) is 5.12. The second-order valence-electron chi connectivity index (χ2n) is 8.16. The number of rotatable bonds is 2. The van der Waals surface area contributed by atoms with E-state index in [1.807, 2.05) is 6.92 Å². The highest BCUT2D eigenvalue weighted by Crippen LogP contribution is 2.38. The first-order valence-electron chi connectivity index (χ1n) is 10.3. The fourth-order valence-electron chi connectivity index (χ4n) is 4.63. The second-order valence-corrected chi connectivity index (χ2v) is 8.16. The molecule has 1 N–H and O–H groups in total. The lowest BCUT2D eigenvalue weighted by molar-refractivity contribution is -0.141. The summed E-state index contributed by atoms with van der Waals surface area (Å²) in [6.45, 7) is 2.12. The number of H-pyrrole nitrogens is 1. The van der Waals surface area contributed by atoms with Gasteiger partial charge in [0.15, 0.2) is 5.69 Å². The van der Waals surface area contributed by atoms with E-state index in [9.17, 15) is 22.4 Å². The van der Waals surface area contributed by atoms with Gasteiger partial charge >= 0.3 is 6.18 Å². The topological polar surface area (TPSA) is 71.7 Å². The average Bonchev–Trinajstić information content (AvgIpc) is 3.43. The van der Waals surface area contributed by atoms with E-state index in [1.165, 1.54) is 28.7 Å². The summed E-state index contributed by atoms with van der Waals surface area (Å²) in [4.78, 5) is 17.9.